The fourth-order valence-electron chi connectivity index (χ4n) is 4.34. The molecule has 3 fully saturated rings. The molecule has 2 saturated heterocycles. The van der Waals surface area contributed by atoms with Crippen LogP contribution in [0.1, 0.15) is 51.4 Å². The Bertz CT molecular complexity index is 333. The van der Waals surface area contributed by atoms with E-state index in [4.69, 9.17) is 5.73 Å². The number of hydrogen-bond acceptors (Lipinski definition) is 3. The minimum absolute atomic E-state index is 0.263. The summed E-state index contributed by atoms with van der Waals surface area (Å²) < 4.78 is 0. The molecule has 4 heteroatoms. The van der Waals surface area contributed by atoms with Gasteiger partial charge in [0.25, 0.3) is 0 Å². The number of amides is 1. The molecule has 1 aliphatic carbocycles. The quantitative estimate of drug-likeness (QED) is 0.823. The molecule has 0 aromatic heterocycles. The van der Waals surface area contributed by atoms with E-state index in [-0.39, 0.29) is 6.04 Å². The predicted octanol–water partition coefficient (Wildman–Crippen LogP) is 1.49. The van der Waals surface area contributed by atoms with Gasteiger partial charge in [0.15, 0.2) is 0 Å². The number of nitrogens with two attached hydrogens (primary N) is 1. The van der Waals surface area contributed by atoms with Crippen LogP contribution in [0.15, 0.2) is 0 Å². The smallest absolute Gasteiger partial charge is 0.222 e. The van der Waals surface area contributed by atoms with E-state index in [0.717, 1.165) is 37.9 Å². The molecule has 1 unspecified atom stereocenters. The zero-order valence-corrected chi connectivity index (χ0v) is 12.5. The van der Waals surface area contributed by atoms with Crippen molar-refractivity contribution in [1.29, 1.82) is 0 Å². The van der Waals surface area contributed by atoms with Crippen molar-refractivity contribution in [2.75, 3.05) is 19.6 Å². The summed E-state index contributed by atoms with van der Waals surface area (Å²) in [7, 11) is 0. The van der Waals surface area contributed by atoms with Crippen molar-refractivity contribution < 1.29 is 4.79 Å². The van der Waals surface area contributed by atoms with Gasteiger partial charge in [-0.25, -0.2) is 0 Å². The monoisotopic (exact) mass is 279 g/mol. The summed E-state index contributed by atoms with van der Waals surface area (Å²) in [6.07, 6.45) is 9.16. The highest BCUT2D eigenvalue weighted by atomic mass is 16.2. The van der Waals surface area contributed by atoms with Crippen LogP contribution in [-0.4, -0.2) is 42.5 Å². The fourth-order valence-corrected chi connectivity index (χ4v) is 4.34. The Morgan fingerprint density at radius 1 is 1.10 bits per heavy atom. The molecule has 0 radical (unpaired) electrons. The molecular formula is C16H29N3O. The second-order valence-corrected chi connectivity index (χ2v) is 6.98. The molecule has 114 valence electrons. The lowest BCUT2D eigenvalue weighted by Crippen LogP contribution is -2.44. The maximum atomic E-state index is 12.4. The molecule has 4 nitrogen and oxygen atoms in total. The van der Waals surface area contributed by atoms with Crippen molar-refractivity contribution in [3.8, 4) is 0 Å². The molecule has 0 bridgehead atoms. The molecule has 3 aliphatic rings. The van der Waals surface area contributed by atoms with Crippen molar-refractivity contribution in [3.05, 3.63) is 0 Å². The molecule has 1 saturated carbocycles. The average Bonchev–Trinajstić information content (AvgIpc) is 3.12. The van der Waals surface area contributed by atoms with Gasteiger partial charge in [0.1, 0.15) is 0 Å². The second-order valence-electron chi connectivity index (χ2n) is 6.98. The summed E-state index contributed by atoms with van der Waals surface area (Å²) in [6.45, 7) is 3.11. The number of carbonyl (C=O) groups excluding carboxylic acids is 1. The van der Waals surface area contributed by atoms with Crippen LogP contribution in [0.25, 0.3) is 0 Å². The maximum absolute atomic E-state index is 12.4. The van der Waals surface area contributed by atoms with E-state index >= 15 is 0 Å². The summed E-state index contributed by atoms with van der Waals surface area (Å²) in [4.78, 5) is 14.5. The molecule has 0 aromatic carbocycles. The third kappa shape index (κ3) is 3.17. The van der Waals surface area contributed by atoms with Crippen LogP contribution < -0.4 is 11.1 Å². The zero-order chi connectivity index (χ0) is 13.9. The Morgan fingerprint density at radius 3 is 2.50 bits per heavy atom. The first kappa shape index (κ1) is 14.3. The van der Waals surface area contributed by atoms with Gasteiger partial charge < -0.3 is 16.0 Å². The average molecular weight is 279 g/mol. The zero-order valence-electron chi connectivity index (χ0n) is 12.5. The van der Waals surface area contributed by atoms with Crippen LogP contribution in [-0.2, 0) is 4.79 Å². The van der Waals surface area contributed by atoms with Crippen LogP contribution >= 0.6 is 0 Å². The lowest BCUT2D eigenvalue weighted by molar-refractivity contribution is -0.133. The molecule has 0 aromatic rings. The molecule has 2 heterocycles. The normalized spacial score (nSPS) is 35.6. The van der Waals surface area contributed by atoms with Crippen LogP contribution in [0.5, 0.6) is 0 Å². The molecule has 1 amide bonds. The Labute approximate surface area is 122 Å². The van der Waals surface area contributed by atoms with E-state index in [0.29, 0.717) is 18.2 Å². The minimum Gasteiger partial charge on any atom is -0.343 e. The van der Waals surface area contributed by atoms with Gasteiger partial charge in [0.2, 0.25) is 5.91 Å². The Morgan fingerprint density at radius 2 is 1.90 bits per heavy atom. The van der Waals surface area contributed by atoms with Crippen molar-refractivity contribution in [1.82, 2.24) is 10.2 Å². The molecule has 20 heavy (non-hydrogen) atoms. The third-order valence-electron chi connectivity index (χ3n) is 5.71. The summed E-state index contributed by atoms with van der Waals surface area (Å²) in [5.74, 6) is 1.58. The highest BCUT2D eigenvalue weighted by Gasteiger charge is 2.32. The lowest BCUT2D eigenvalue weighted by Gasteiger charge is -2.35. The van der Waals surface area contributed by atoms with Crippen LogP contribution in [0.2, 0.25) is 0 Å². The van der Waals surface area contributed by atoms with Crippen molar-refractivity contribution in [2.24, 2.45) is 17.6 Å². The van der Waals surface area contributed by atoms with Crippen LogP contribution in [0, 0.1) is 11.8 Å². The van der Waals surface area contributed by atoms with Gasteiger partial charge in [-0.3, -0.25) is 4.79 Å². The van der Waals surface area contributed by atoms with Gasteiger partial charge in [-0.15, -0.1) is 0 Å². The fraction of sp³-hybridized carbons (Fsp3) is 0.938. The van der Waals surface area contributed by atoms with Crippen molar-refractivity contribution in [2.45, 2.75) is 63.5 Å². The Hall–Kier alpha value is -0.610. The summed E-state index contributed by atoms with van der Waals surface area (Å²) in [5, 5.41) is 3.61. The molecule has 2 aliphatic heterocycles. The highest BCUT2D eigenvalue weighted by Crippen LogP contribution is 2.29. The number of piperidine rings is 1. The summed E-state index contributed by atoms with van der Waals surface area (Å²) >= 11 is 0. The molecule has 0 spiro atoms. The number of rotatable bonds is 3. The SMILES string of the molecule is N[C@@H]1CCC[C@H]1CC(=O)N1CCC(C2CCCN2)CC1. The van der Waals surface area contributed by atoms with Gasteiger partial charge in [-0.1, -0.05) is 6.42 Å². The lowest BCUT2D eigenvalue weighted by atomic mass is 9.88. The first-order valence-electron chi connectivity index (χ1n) is 8.51. The molecular weight excluding hydrogens is 250 g/mol. The van der Waals surface area contributed by atoms with Crippen LogP contribution in [0.3, 0.4) is 0 Å². The first-order chi connectivity index (χ1) is 9.74. The molecule has 3 rings (SSSR count). The Balaban J connectivity index is 1.44. The Kier molecular flexibility index (Phi) is 4.61. The van der Waals surface area contributed by atoms with Crippen molar-refractivity contribution >= 4 is 5.91 Å². The minimum atomic E-state index is 0.263. The van der Waals surface area contributed by atoms with Crippen LogP contribution in [0.4, 0.5) is 0 Å². The van der Waals surface area contributed by atoms with E-state index in [1.54, 1.807) is 0 Å². The summed E-state index contributed by atoms with van der Waals surface area (Å²) in [6, 6.07) is 0.981. The number of hydrogen-bond donors (Lipinski definition) is 2. The number of nitrogens with zero attached hydrogens (tertiary/aromatic N) is 1. The van der Waals surface area contributed by atoms with Gasteiger partial charge in [0, 0.05) is 31.6 Å². The molecule has 3 N–H and O–H groups in total. The number of likely N-dealkylation sites (tertiary alicyclic amines) is 1. The topological polar surface area (TPSA) is 58.4 Å². The van der Waals surface area contributed by atoms with E-state index in [1.165, 1.54) is 38.6 Å². The number of carbonyl (C=O) groups is 1. The van der Waals surface area contributed by atoms with Crippen molar-refractivity contribution in [3.63, 3.8) is 0 Å². The molecule has 3 atom stereocenters. The second kappa shape index (κ2) is 6.44. The maximum Gasteiger partial charge on any atom is 0.222 e. The van der Waals surface area contributed by atoms with Gasteiger partial charge in [0.05, 0.1) is 0 Å². The number of nitrogens with one attached hydrogen (secondary N) is 1. The van der Waals surface area contributed by atoms with E-state index in [1.807, 2.05) is 0 Å². The van der Waals surface area contributed by atoms with E-state index < -0.39 is 0 Å². The largest absolute Gasteiger partial charge is 0.343 e. The predicted molar refractivity (Wildman–Crippen MR) is 80.3 cm³/mol. The standard InChI is InChI=1S/C16H29N3O/c17-14-4-1-3-13(14)11-16(20)19-9-6-12(7-10-19)15-5-2-8-18-15/h12-15,18H,1-11,17H2/t13-,14+,15?/m0/s1. The highest BCUT2D eigenvalue weighted by molar-refractivity contribution is 5.76. The third-order valence-corrected chi connectivity index (χ3v) is 5.71. The van der Waals surface area contributed by atoms with Gasteiger partial charge in [-0.2, -0.15) is 0 Å². The van der Waals surface area contributed by atoms with Gasteiger partial charge >= 0.3 is 0 Å². The summed E-state index contributed by atoms with van der Waals surface area (Å²) in [5.41, 5.74) is 6.08. The van der Waals surface area contributed by atoms with E-state index in [2.05, 4.69) is 10.2 Å². The van der Waals surface area contributed by atoms with E-state index in [9.17, 15) is 4.79 Å². The van der Waals surface area contributed by atoms with Gasteiger partial charge in [-0.05, 0) is 56.9 Å². The first-order valence-corrected chi connectivity index (χ1v) is 8.51.